The molecule has 3 amide bonds. The number of carbonyl (C=O) groups is 3. The maximum Gasteiger partial charge on any atom is 0.257 e. The van der Waals surface area contributed by atoms with Gasteiger partial charge in [0.15, 0.2) is 0 Å². The Kier molecular flexibility index (Phi) is 6.40. The quantitative estimate of drug-likeness (QED) is 0.614. The number of rotatable bonds is 8. The van der Waals surface area contributed by atoms with Gasteiger partial charge >= 0.3 is 0 Å². The summed E-state index contributed by atoms with van der Waals surface area (Å²) in [6.07, 6.45) is 1.90. The molecule has 2 aromatic rings. The van der Waals surface area contributed by atoms with Gasteiger partial charge in [-0.15, -0.1) is 0 Å². The molecule has 1 saturated heterocycles. The molecule has 4 rings (SSSR count). The lowest BCUT2D eigenvalue weighted by molar-refractivity contribution is -0.131. The van der Waals surface area contributed by atoms with E-state index < -0.39 is 5.66 Å². The number of benzene rings is 2. The van der Waals surface area contributed by atoms with E-state index in [0.717, 1.165) is 11.3 Å². The second-order valence-electron chi connectivity index (χ2n) is 8.78. The molecule has 0 aliphatic carbocycles. The number of ether oxygens (including phenoxy) is 1. The van der Waals surface area contributed by atoms with Crippen LogP contribution in [0.3, 0.4) is 0 Å². The van der Waals surface area contributed by atoms with E-state index in [-0.39, 0.29) is 17.7 Å². The maximum absolute atomic E-state index is 13.3. The highest BCUT2D eigenvalue weighted by molar-refractivity contribution is 6.10. The van der Waals surface area contributed by atoms with Gasteiger partial charge in [0.05, 0.1) is 18.4 Å². The van der Waals surface area contributed by atoms with Gasteiger partial charge in [-0.25, -0.2) is 0 Å². The summed E-state index contributed by atoms with van der Waals surface area (Å²) in [6.45, 7) is 5.50. The molecule has 0 spiro atoms. The molecule has 7 nitrogen and oxygen atoms in total. The summed E-state index contributed by atoms with van der Waals surface area (Å²) in [5.41, 5.74) is 1.60. The van der Waals surface area contributed by atoms with E-state index in [0.29, 0.717) is 56.6 Å². The van der Waals surface area contributed by atoms with Crippen molar-refractivity contribution in [2.45, 2.75) is 51.7 Å². The summed E-state index contributed by atoms with van der Waals surface area (Å²) in [5, 5.41) is 0. The lowest BCUT2D eigenvalue weighted by Gasteiger charge is -2.48. The fourth-order valence-corrected chi connectivity index (χ4v) is 4.92. The number of anilines is 1. The zero-order chi connectivity index (χ0) is 23.6. The maximum atomic E-state index is 13.3. The predicted molar refractivity (Wildman–Crippen MR) is 126 cm³/mol. The number of hydrogen-bond acceptors (Lipinski definition) is 4. The molecular formula is C26H31N3O4. The van der Waals surface area contributed by atoms with Crippen molar-refractivity contribution >= 4 is 23.4 Å². The monoisotopic (exact) mass is 449 g/mol. The minimum Gasteiger partial charge on any atom is -0.497 e. The van der Waals surface area contributed by atoms with Gasteiger partial charge in [0.2, 0.25) is 11.8 Å². The largest absolute Gasteiger partial charge is 0.497 e. The molecule has 2 aliphatic heterocycles. The van der Waals surface area contributed by atoms with Gasteiger partial charge < -0.3 is 14.5 Å². The molecule has 33 heavy (non-hydrogen) atoms. The van der Waals surface area contributed by atoms with Crippen LogP contribution in [0.15, 0.2) is 48.5 Å². The van der Waals surface area contributed by atoms with Gasteiger partial charge in [0.25, 0.3) is 5.91 Å². The van der Waals surface area contributed by atoms with E-state index in [1.54, 1.807) is 23.0 Å². The van der Waals surface area contributed by atoms with Crippen LogP contribution in [-0.2, 0) is 16.1 Å². The molecule has 2 aromatic carbocycles. The zero-order valence-corrected chi connectivity index (χ0v) is 19.5. The van der Waals surface area contributed by atoms with Crippen LogP contribution in [0.5, 0.6) is 5.75 Å². The van der Waals surface area contributed by atoms with E-state index in [1.165, 1.54) is 0 Å². The molecule has 2 heterocycles. The highest BCUT2D eigenvalue weighted by Gasteiger charge is 2.52. The smallest absolute Gasteiger partial charge is 0.257 e. The van der Waals surface area contributed by atoms with Gasteiger partial charge in [-0.3, -0.25) is 19.3 Å². The molecule has 174 valence electrons. The van der Waals surface area contributed by atoms with E-state index in [4.69, 9.17) is 4.74 Å². The number of para-hydroxylation sites is 1. The molecule has 1 unspecified atom stereocenters. The fourth-order valence-electron chi connectivity index (χ4n) is 4.92. The fraction of sp³-hybridized carbons (Fsp3) is 0.423. The van der Waals surface area contributed by atoms with Crippen LogP contribution in [0.4, 0.5) is 5.69 Å². The Balaban J connectivity index is 1.42. The summed E-state index contributed by atoms with van der Waals surface area (Å²) in [6, 6.07) is 15.0. The number of hydrogen-bond donors (Lipinski definition) is 0. The van der Waals surface area contributed by atoms with Gasteiger partial charge in [0.1, 0.15) is 11.4 Å². The number of nitrogens with zero attached hydrogens (tertiary/aromatic N) is 3. The zero-order valence-electron chi connectivity index (χ0n) is 19.5. The molecule has 0 saturated carbocycles. The topological polar surface area (TPSA) is 70.2 Å². The first kappa shape index (κ1) is 22.8. The number of methoxy groups -OCH3 is 1. The number of amides is 3. The van der Waals surface area contributed by atoms with E-state index in [1.807, 2.05) is 61.2 Å². The molecule has 0 bridgehead atoms. The molecule has 0 radical (unpaired) electrons. The normalized spacial score (nSPS) is 19.4. The predicted octanol–water partition coefficient (Wildman–Crippen LogP) is 3.82. The summed E-state index contributed by atoms with van der Waals surface area (Å²) >= 11 is 0. The average molecular weight is 450 g/mol. The van der Waals surface area contributed by atoms with Gasteiger partial charge in [-0.1, -0.05) is 24.3 Å². The molecule has 7 heteroatoms. The standard InChI is InChI=1S/C26H31N3O4/c1-4-27(18-19-11-13-20(33-3)14-12-19)23(30)10-7-17-28-25(32)21-8-5-6-9-22(21)29-24(31)15-16-26(28,29)2/h5-6,8-9,11-14H,4,7,10,15-18H2,1-3H3. The van der Waals surface area contributed by atoms with E-state index in [2.05, 4.69) is 0 Å². The Labute approximate surface area is 194 Å². The third-order valence-electron chi connectivity index (χ3n) is 6.78. The molecule has 2 aliphatic rings. The van der Waals surface area contributed by atoms with Gasteiger partial charge in [0, 0.05) is 32.5 Å². The summed E-state index contributed by atoms with van der Waals surface area (Å²) < 4.78 is 5.20. The van der Waals surface area contributed by atoms with Crippen molar-refractivity contribution in [3.8, 4) is 5.75 Å². The first-order valence-corrected chi connectivity index (χ1v) is 11.5. The highest BCUT2D eigenvalue weighted by Crippen LogP contribution is 2.44. The third-order valence-corrected chi connectivity index (χ3v) is 6.78. The number of carbonyl (C=O) groups excluding carboxylic acids is 3. The lowest BCUT2D eigenvalue weighted by Crippen LogP contribution is -2.62. The lowest BCUT2D eigenvalue weighted by atomic mass is 9.98. The molecular weight excluding hydrogens is 418 g/mol. The molecule has 1 atom stereocenters. The first-order chi connectivity index (χ1) is 15.9. The van der Waals surface area contributed by atoms with Crippen LogP contribution in [0.1, 0.15) is 55.5 Å². The summed E-state index contributed by atoms with van der Waals surface area (Å²) in [4.78, 5) is 44.3. The summed E-state index contributed by atoms with van der Waals surface area (Å²) in [5.74, 6) is 0.809. The van der Waals surface area contributed by atoms with Crippen LogP contribution in [-0.4, -0.2) is 53.4 Å². The SMILES string of the molecule is CCN(Cc1ccc(OC)cc1)C(=O)CCCN1C(=O)c2ccccc2N2C(=O)CCC12C. The Hall–Kier alpha value is -3.35. The minimum absolute atomic E-state index is 0.0372. The van der Waals surface area contributed by atoms with Gasteiger partial charge in [-0.2, -0.15) is 0 Å². The molecule has 1 fully saturated rings. The van der Waals surface area contributed by atoms with Crippen molar-refractivity contribution in [1.29, 1.82) is 0 Å². The van der Waals surface area contributed by atoms with Crippen molar-refractivity contribution in [1.82, 2.24) is 9.80 Å². The minimum atomic E-state index is -0.681. The Morgan fingerprint density at radius 1 is 1.12 bits per heavy atom. The van der Waals surface area contributed by atoms with Crippen molar-refractivity contribution < 1.29 is 19.1 Å². The average Bonchev–Trinajstić information content (AvgIpc) is 3.14. The first-order valence-electron chi connectivity index (χ1n) is 11.5. The van der Waals surface area contributed by atoms with Gasteiger partial charge in [-0.05, 0) is 56.5 Å². The molecule has 0 N–H and O–H groups in total. The Morgan fingerprint density at radius 3 is 2.55 bits per heavy atom. The Morgan fingerprint density at radius 2 is 1.85 bits per heavy atom. The second-order valence-corrected chi connectivity index (χ2v) is 8.78. The van der Waals surface area contributed by atoms with Crippen LogP contribution >= 0.6 is 0 Å². The van der Waals surface area contributed by atoms with Crippen LogP contribution in [0, 0.1) is 0 Å². The number of fused-ring (bicyclic) bond motifs is 3. The van der Waals surface area contributed by atoms with Crippen LogP contribution < -0.4 is 9.64 Å². The van der Waals surface area contributed by atoms with E-state index in [9.17, 15) is 14.4 Å². The molecule has 0 aromatic heterocycles. The van der Waals surface area contributed by atoms with Crippen LogP contribution in [0.25, 0.3) is 0 Å². The Bertz CT molecular complexity index is 1050. The highest BCUT2D eigenvalue weighted by atomic mass is 16.5. The van der Waals surface area contributed by atoms with Crippen molar-refractivity contribution in [3.05, 3.63) is 59.7 Å². The third kappa shape index (κ3) is 4.19. The van der Waals surface area contributed by atoms with E-state index >= 15 is 0 Å². The van der Waals surface area contributed by atoms with Crippen molar-refractivity contribution in [2.75, 3.05) is 25.1 Å². The summed E-state index contributed by atoms with van der Waals surface area (Å²) in [7, 11) is 1.63. The van der Waals surface area contributed by atoms with Crippen LogP contribution in [0.2, 0.25) is 0 Å². The second kappa shape index (κ2) is 9.25. The van der Waals surface area contributed by atoms with Crippen molar-refractivity contribution in [2.24, 2.45) is 0 Å². The van der Waals surface area contributed by atoms with Crippen molar-refractivity contribution in [3.63, 3.8) is 0 Å².